The Balaban J connectivity index is 1.65. The van der Waals surface area contributed by atoms with Gasteiger partial charge < -0.3 is 14.4 Å². The van der Waals surface area contributed by atoms with E-state index in [0.717, 1.165) is 23.4 Å². The van der Waals surface area contributed by atoms with Crippen LogP contribution in [0.2, 0.25) is 5.02 Å². The summed E-state index contributed by atoms with van der Waals surface area (Å²) in [5.41, 5.74) is 2.64. The van der Waals surface area contributed by atoms with Gasteiger partial charge in [0.1, 0.15) is 18.0 Å². The third-order valence-corrected chi connectivity index (χ3v) is 4.24. The van der Waals surface area contributed by atoms with Gasteiger partial charge in [-0.2, -0.15) is 0 Å². The third kappa shape index (κ3) is 4.88. The average Bonchev–Trinajstić information content (AvgIpc) is 2.59. The second-order valence-corrected chi connectivity index (χ2v) is 7.78. The van der Waals surface area contributed by atoms with Crippen LogP contribution in [-0.2, 0) is 24.3 Å². The Bertz CT molecular complexity index is 785. The zero-order valence-electron chi connectivity index (χ0n) is 15.3. The molecule has 3 rings (SSSR count). The number of aromatic nitrogens is 1. The first-order chi connectivity index (χ1) is 12.3. The standard InChI is InChI=1S/C20H23ClN2O3/c1-20(2,3)26-19(24)23-9-8-14-4-7-18(10-15(14)12-23)25-13-17-6-5-16(21)11-22-17/h4-7,10-11H,8-9,12-13H2,1-3H3. The largest absolute Gasteiger partial charge is 0.487 e. The van der Waals surface area contributed by atoms with Crippen molar-refractivity contribution in [1.29, 1.82) is 0 Å². The number of fused-ring (bicyclic) bond motifs is 1. The Kier molecular flexibility index (Phi) is 5.37. The quantitative estimate of drug-likeness (QED) is 0.787. The van der Waals surface area contributed by atoms with Crippen molar-refractivity contribution in [2.45, 2.75) is 45.9 Å². The molecule has 0 bridgehead atoms. The van der Waals surface area contributed by atoms with Gasteiger partial charge in [0.05, 0.1) is 10.7 Å². The van der Waals surface area contributed by atoms with E-state index >= 15 is 0 Å². The van der Waals surface area contributed by atoms with Crippen LogP contribution < -0.4 is 4.74 Å². The second-order valence-electron chi connectivity index (χ2n) is 7.34. The van der Waals surface area contributed by atoms with Gasteiger partial charge in [-0.25, -0.2) is 4.79 Å². The van der Waals surface area contributed by atoms with Crippen LogP contribution in [0, 0.1) is 0 Å². The molecule has 138 valence electrons. The molecular weight excluding hydrogens is 352 g/mol. The molecule has 2 heterocycles. The second kappa shape index (κ2) is 7.54. The molecule has 1 amide bonds. The summed E-state index contributed by atoms with van der Waals surface area (Å²) in [6.45, 7) is 7.18. The molecule has 0 atom stereocenters. The lowest BCUT2D eigenvalue weighted by Gasteiger charge is -2.31. The van der Waals surface area contributed by atoms with Crippen molar-refractivity contribution < 1.29 is 14.3 Å². The minimum atomic E-state index is -0.492. The van der Waals surface area contributed by atoms with E-state index in [2.05, 4.69) is 11.1 Å². The highest BCUT2D eigenvalue weighted by Gasteiger charge is 2.25. The molecule has 1 aromatic heterocycles. The number of nitrogens with zero attached hydrogens (tertiary/aromatic N) is 2. The summed E-state index contributed by atoms with van der Waals surface area (Å²) in [6, 6.07) is 9.63. The predicted molar refractivity (Wildman–Crippen MR) is 100 cm³/mol. The van der Waals surface area contributed by atoms with Crippen LogP contribution in [0.3, 0.4) is 0 Å². The molecule has 2 aromatic rings. The molecule has 0 saturated heterocycles. The molecule has 6 heteroatoms. The van der Waals surface area contributed by atoms with Crippen molar-refractivity contribution in [1.82, 2.24) is 9.88 Å². The van der Waals surface area contributed by atoms with Crippen molar-refractivity contribution in [3.63, 3.8) is 0 Å². The molecule has 0 unspecified atom stereocenters. The summed E-state index contributed by atoms with van der Waals surface area (Å²) in [4.78, 5) is 18.3. The van der Waals surface area contributed by atoms with E-state index in [1.165, 1.54) is 5.56 Å². The topological polar surface area (TPSA) is 51.7 Å². The Morgan fingerprint density at radius 1 is 1.23 bits per heavy atom. The SMILES string of the molecule is CC(C)(C)OC(=O)N1CCc2ccc(OCc3ccc(Cl)cn3)cc2C1. The van der Waals surface area contributed by atoms with Crippen LogP contribution in [0.25, 0.3) is 0 Å². The molecule has 0 spiro atoms. The summed E-state index contributed by atoms with van der Waals surface area (Å²) < 4.78 is 11.3. The fourth-order valence-corrected chi connectivity index (χ4v) is 2.87. The molecule has 26 heavy (non-hydrogen) atoms. The Labute approximate surface area is 158 Å². The van der Waals surface area contributed by atoms with Crippen molar-refractivity contribution >= 4 is 17.7 Å². The van der Waals surface area contributed by atoms with Gasteiger partial charge in [-0.3, -0.25) is 4.98 Å². The number of ether oxygens (including phenoxy) is 2. The fraction of sp³-hybridized carbons (Fsp3) is 0.400. The molecule has 0 saturated carbocycles. The van der Waals surface area contributed by atoms with Crippen molar-refractivity contribution in [3.8, 4) is 5.75 Å². The fourth-order valence-electron chi connectivity index (χ4n) is 2.75. The average molecular weight is 375 g/mol. The number of benzene rings is 1. The normalized spacial score (nSPS) is 13.9. The van der Waals surface area contributed by atoms with E-state index in [0.29, 0.717) is 24.7 Å². The number of hydrogen-bond donors (Lipinski definition) is 0. The summed E-state index contributed by atoms with van der Waals surface area (Å²) in [7, 11) is 0. The Morgan fingerprint density at radius 2 is 2.04 bits per heavy atom. The van der Waals surface area contributed by atoms with E-state index < -0.39 is 5.60 Å². The minimum Gasteiger partial charge on any atom is -0.487 e. The zero-order chi connectivity index (χ0) is 18.7. The van der Waals surface area contributed by atoms with Crippen LogP contribution in [0.4, 0.5) is 4.79 Å². The first-order valence-corrected chi connectivity index (χ1v) is 9.01. The molecule has 0 N–H and O–H groups in total. The molecule has 1 aliphatic heterocycles. The summed E-state index contributed by atoms with van der Waals surface area (Å²) in [6.07, 6.45) is 2.14. The molecule has 5 nitrogen and oxygen atoms in total. The minimum absolute atomic E-state index is 0.278. The van der Waals surface area contributed by atoms with E-state index in [4.69, 9.17) is 21.1 Å². The van der Waals surface area contributed by atoms with Crippen LogP contribution in [0.5, 0.6) is 5.75 Å². The first-order valence-electron chi connectivity index (χ1n) is 8.63. The Hall–Kier alpha value is -2.27. The van der Waals surface area contributed by atoms with E-state index in [1.807, 2.05) is 39.0 Å². The Morgan fingerprint density at radius 3 is 2.73 bits per heavy atom. The van der Waals surface area contributed by atoms with Gasteiger partial charge >= 0.3 is 6.09 Å². The van der Waals surface area contributed by atoms with Gasteiger partial charge in [0.25, 0.3) is 0 Å². The van der Waals surface area contributed by atoms with Gasteiger partial charge in [0.2, 0.25) is 0 Å². The lowest BCUT2D eigenvalue weighted by atomic mass is 10.00. The highest BCUT2D eigenvalue weighted by molar-refractivity contribution is 6.30. The van der Waals surface area contributed by atoms with E-state index in [9.17, 15) is 4.79 Å². The number of rotatable bonds is 3. The molecule has 1 aromatic carbocycles. The van der Waals surface area contributed by atoms with Crippen LogP contribution >= 0.6 is 11.6 Å². The number of carbonyl (C=O) groups is 1. The van der Waals surface area contributed by atoms with Crippen molar-refractivity contribution in [3.05, 3.63) is 58.4 Å². The lowest BCUT2D eigenvalue weighted by molar-refractivity contribution is 0.0223. The lowest BCUT2D eigenvalue weighted by Crippen LogP contribution is -2.39. The molecule has 1 aliphatic rings. The molecular formula is C20H23ClN2O3. The van der Waals surface area contributed by atoms with Crippen molar-refractivity contribution in [2.24, 2.45) is 0 Å². The molecule has 0 aliphatic carbocycles. The number of carbonyl (C=O) groups excluding carboxylic acids is 1. The summed E-state index contributed by atoms with van der Waals surface area (Å²) in [5, 5.41) is 0.602. The van der Waals surface area contributed by atoms with Gasteiger partial charge in [0.15, 0.2) is 0 Å². The molecule has 0 fully saturated rings. The third-order valence-electron chi connectivity index (χ3n) is 4.02. The number of pyridine rings is 1. The predicted octanol–water partition coefficient (Wildman–Crippen LogP) is 4.61. The molecule has 0 radical (unpaired) electrons. The summed E-state index contributed by atoms with van der Waals surface area (Å²) in [5.74, 6) is 0.756. The van der Waals surface area contributed by atoms with Crippen LogP contribution in [-0.4, -0.2) is 28.1 Å². The number of hydrogen-bond acceptors (Lipinski definition) is 4. The number of halogens is 1. The maximum absolute atomic E-state index is 12.3. The van der Waals surface area contributed by atoms with Crippen LogP contribution in [0.15, 0.2) is 36.5 Å². The van der Waals surface area contributed by atoms with Gasteiger partial charge in [0, 0.05) is 19.3 Å². The van der Waals surface area contributed by atoms with Gasteiger partial charge in [-0.05, 0) is 62.6 Å². The smallest absolute Gasteiger partial charge is 0.410 e. The monoisotopic (exact) mass is 374 g/mol. The van der Waals surface area contributed by atoms with Gasteiger partial charge in [-0.1, -0.05) is 17.7 Å². The van der Waals surface area contributed by atoms with Crippen LogP contribution in [0.1, 0.15) is 37.6 Å². The number of amides is 1. The maximum Gasteiger partial charge on any atom is 0.410 e. The summed E-state index contributed by atoms with van der Waals surface area (Å²) >= 11 is 5.84. The highest BCUT2D eigenvalue weighted by atomic mass is 35.5. The van der Waals surface area contributed by atoms with Crippen molar-refractivity contribution in [2.75, 3.05) is 6.54 Å². The first kappa shape index (κ1) is 18.5. The van der Waals surface area contributed by atoms with E-state index in [1.54, 1.807) is 17.2 Å². The van der Waals surface area contributed by atoms with E-state index in [-0.39, 0.29) is 6.09 Å². The zero-order valence-corrected chi connectivity index (χ0v) is 16.0. The van der Waals surface area contributed by atoms with Gasteiger partial charge in [-0.15, -0.1) is 0 Å². The maximum atomic E-state index is 12.3. The highest BCUT2D eigenvalue weighted by Crippen LogP contribution is 2.25.